The van der Waals surface area contributed by atoms with E-state index in [1.54, 1.807) is 0 Å². The zero-order valence-electron chi connectivity index (χ0n) is 11.4. The van der Waals surface area contributed by atoms with E-state index in [9.17, 15) is 0 Å². The Morgan fingerprint density at radius 1 is 1.00 bits per heavy atom. The number of aryl methyl sites for hydroxylation is 2. The number of hydrogen-bond donors (Lipinski definition) is 0. The van der Waals surface area contributed by atoms with Gasteiger partial charge in [-0.2, -0.15) is 0 Å². The zero-order chi connectivity index (χ0) is 13.5. The van der Waals surface area contributed by atoms with E-state index < -0.39 is 0 Å². The smallest absolute Gasteiger partial charge is 0.142 e. The molecule has 0 atom stereocenters. The molecule has 19 heavy (non-hydrogen) atoms. The predicted octanol–water partition coefficient (Wildman–Crippen LogP) is 3.99. The second kappa shape index (κ2) is 6.74. The molecule has 0 amide bonds. The molecule has 0 aliphatic rings. The first-order valence-corrected chi connectivity index (χ1v) is 6.51. The lowest BCUT2D eigenvalue weighted by atomic mass is 10.1. The van der Waals surface area contributed by atoms with E-state index in [-0.39, 0.29) is 0 Å². The molecule has 0 N–H and O–H groups in total. The Kier molecular flexibility index (Phi) is 4.73. The minimum absolute atomic E-state index is 0.475. The van der Waals surface area contributed by atoms with Crippen LogP contribution in [0.4, 0.5) is 0 Å². The van der Waals surface area contributed by atoms with Crippen molar-refractivity contribution in [1.82, 2.24) is 0 Å². The molecule has 97 valence electrons. The fraction of sp³-hybridized carbons (Fsp3) is 0.235. The standard InChI is InChI=1S/C17H18NO/c1-3-15-8-10-16(11-9-15)13-19-18-12-17-7-5-4-6-14(17)2/h4-11H,3,13H2,1-2H3. The average Bonchev–Trinajstić information content (AvgIpc) is 2.46. The van der Waals surface area contributed by atoms with Gasteiger partial charge in [-0.25, -0.2) is 0 Å². The number of hydrogen-bond acceptors (Lipinski definition) is 2. The van der Waals surface area contributed by atoms with Gasteiger partial charge in [-0.15, -0.1) is 0 Å². The van der Waals surface area contributed by atoms with Crippen LogP contribution in [-0.2, 0) is 17.9 Å². The molecule has 0 aliphatic heterocycles. The van der Waals surface area contributed by atoms with E-state index in [0.717, 1.165) is 23.1 Å². The van der Waals surface area contributed by atoms with Gasteiger partial charge in [0.25, 0.3) is 0 Å². The van der Waals surface area contributed by atoms with Gasteiger partial charge >= 0.3 is 0 Å². The Hall–Kier alpha value is -2.09. The first-order chi connectivity index (χ1) is 9.29. The summed E-state index contributed by atoms with van der Waals surface area (Å²) in [6.07, 6.45) is 3.96. The lowest BCUT2D eigenvalue weighted by Crippen LogP contribution is -1.90. The lowest BCUT2D eigenvalue weighted by Gasteiger charge is -2.01. The van der Waals surface area contributed by atoms with Gasteiger partial charge in [-0.1, -0.05) is 60.6 Å². The van der Waals surface area contributed by atoms with E-state index >= 15 is 0 Å². The highest BCUT2D eigenvalue weighted by atomic mass is 16.6. The van der Waals surface area contributed by atoms with Crippen molar-refractivity contribution in [2.45, 2.75) is 26.9 Å². The van der Waals surface area contributed by atoms with Crippen LogP contribution in [0.15, 0.2) is 53.7 Å². The van der Waals surface area contributed by atoms with Crippen molar-refractivity contribution in [1.29, 1.82) is 0 Å². The molecule has 0 fully saturated rings. The Morgan fingerprint density at radius 2 is 1.68 bits per heavy atom. The molecule has 2 heteroatoms. The predicted molar refractivity (Wildman–Crippen MR) is 78.3 cm³/mol. The van der Waals surface area contributed by atoms with Crippen molar-refractivity contribution in [3.8, 4) is 0 Å². The lowest BCUT2D eigenvalue weighted by molar-refractivity contribution is 0.132. The molecule has 0 aliphatic carbocycles. The fourth-order valence-electron chi connectivity index (χ4n) is 1.76. The molecule has 0 bridgehead atoms. The molecule has 0 spiro atoms. The van der Waals surface area contributed by atoms with E-state index in [4.69, 9.17) is 4.84 Å². The van der Waals surface area contributed by atoms with Crippen LogP contribution in [0.25, 0.3) is 0 Å². The van der Waals surface area contributed by atoms with Crippen LogP contribution in [0.3, 0.4) is 0 Å². The SMILES string of the molecule is CCc1ccc(CO/N=[C]\c2ccccc2C)cc1. The summed E-state index contributed by atoms with van der Waals surface area (Å²) in [6.45, 7) is 4.65. The van der Waals surface area contributed by atoms with Gasteiger partial charge in [-0.05, 0) is 30.0 Å². The largest absolute Gasteiger partial charge is 0.390 e. The van der Waals surface area contributed by atoms with Crippen molar-refractivity contribution in [3.05, 3.63) is 70.8 Å². The molecular formula is C17H18NO. The van der Waals surface area contributed by atoms with Crippen molar-refractivity contribution in [2.24, 2.45) is 5.16 Å². The van der Waals surface area contributed by atoms with E-state index in [2.05, 4.69) is 42.6 Å². The zero-order valence-corrected chi connectivity index (χ0v) is 11.4. The van der Waals surface area contributed by atoms with Crippen molar-refractivity contribution < 1.29 is 4.84 Å². The van der Waals surface area contributed by atoms with Gasteiger partial charge in [-0.3, -0.25) is 0 Å². The maximum Gasteiger partial charge on any atom is 0.142 e. The van der Waals surface area contributed by atoms with Crippen LogP contribution in [0.5, 0.6) is 0 Å². The molecule has 0 saturated carbocycles. The third kappa shape index (κ3) is 3.95. The highest BCUT2D eigenvalue weighted by Gasteiger charge is 1.95. The summed E-state index contributed by atoms with van der Waals surface area (Å²) in [7, 11) is 0. The normalized spacial score (nSPS) is 10.8. The monoisotopic (exact) mass is 252 g/mol. The highest BCUT2D eigenvalue weighted by molar-refractivity contribution is 5.81. The molecule has 2 aromatic carbocycles. The molecule has 2 rings (SSSR count). The number of benzene rings is 2. The van der Waals surface area contributed by atoms with Crippen LogP contribution in [0.1, 0.15) is 29.2 Å². The molecule has 2 aromatic rings. The maximum atomic E-state index is 5.27. The quantitative estimate of drug-likeness (QED) is 0.582. The minimum atomic E-state index is 0.475. The molecular weight excluding hydrogens is 234 g/mol. The van der Waals surface area contributed by atoms with E-state index in [0.29, 0.717) is 6.61 Å². The first-order valence-electron chi connectivity index (χ1n) is 6.51. The second-order valence-electron chi connectivity index (χ2n) is 4.46. The number of rotatable bonds is 5. The highest BCUT2D eigenvalue weighted by Crippen LogP contribution is 2.07. The third-order valence-electron chi connectivity index (χ3n) is 3.04. The van der Waals surface area contributed by atoms with Crippen LogP contribution in [0, 0.1) is 6.92 Å². The molecule has 2 nitrogen and oxygen atoms in total. The maximum absolute atomic E-state index is 5.27. The third-order valence-corrected chi connectivity index (χ3v) is 3.04. The summed E-state index contributed by atoms with van der Waals surface area (Å²) < 4.78 is 0. The minimum Gasteiger partial charge on any atom is -0.390 e. The summed E-state index contributed by atoms with van der Waals surface area (Å²) >= 11 is 0. The van der Waals surface area contributed by atoms with E-state index in [1.165, 1.54) is 5.56 Å². The van der Waals surface area contributed by atoms with Gasteiger partial charge in [0.1, 0.15) is 12.8 Å². The van der Waals surface area contributed by atoms with Gasteiger partial charge in [0, 0.05) is 5.56 Å². The van der Waals surface area contributed by atoms with Crippen LogP contribution in [-0.4, -0.2) is 6.21 Å². The summed E-state index contributed by atoms with van der Waals surface area (Å²) in [6, 6.07) is 16.3. The van der Waals surface area contributed by atoms with Crippen LogP contribution < -0.4 is 0 Å². The Balaban J connectivity index is 1.87. The van der Waals surface area contributed by atoms with Crippen molar-refractivity contribution in [2.75, 3.05) is 0 Å². The van der Waals surface area contributed by atoms with Gasteiger partial charge in [0.15, 0.2) is 0 Å². The van der Waals surface area contributed by atoms with Gasteiger partial charge in [0.2, 0.25) is 0 Å². The van der Waals surface area contributed by atoms with Crippen molar-refractivity contribution >= 4 is 6.21 Å². The molecule has 0 saturated heterocycles. The topological polar surface area (TPSA) is 21.6 Å². The second-order valence-corrected chi connectivity index (χ2v) is 4.46. The Labute approximate surface area is 114 Å². The molecule has 0 aromatic heterocycles. The average molecular weight is 252 g/mol. The van der Waals surface area contributed by atoms with E-state index in [1.807, 2.05) is 31.2 Å². The Morgan fingerprint density at radius 3 is 2.37 bits per heavy atom. The van der Waals surface area contributed by atoms with Crippen LogP contribution >= 0.6 is 0 Å². The van der Waals surface area contributed by atoms with Gasteiger partial charge in [0.05, 0.1) is 0 Å². The molecule has 0 unspecified atom stereocenters. The van der Waals surface area contributed by atoms with Crippen LogP contribution in [0.2, 0.25) is 0 Å². The fourth-order valence-corrected chi connectivity index (χ4v) is 1.76. The Bertz CT molecular complexity index is 543. The summed E-state index contributed by atoms with van der Waals surface area (Å²) in [5.41, 5.74) is 4.55. The molecule has 1 radical (unpaired) electrons. The molecule has 0 heterocycles. The number of nitrogens with zero attached hydrogens (tertiary/aromatic N) is 1. The van der Waals surface area contributed by atoms with Crippen molar-refractivity contribution in [3.63, 3.8) is 0 Å². The summed E-state index contributed by atoms with van der Waals surface area (Å²) in [5.74, 6) is 0. The summed E-state index contributed by atoms with van der Waals surface area (Å²) in [4.78, 5) is 5.27. The van der Waals surface area contributed by atoms with Gasteiger partial charge < -0.3 is 4.84 Å². The summed E-state index contributed by atoms with van der Waals surface area (Å²) in [5, 5.41) is 3.89. The first kappa shape index (κ1) is 13.3.